The second kappa shape index (κ2) is 9.45. The smallest absolute Gasteiger partial charge is 0.237 e. The van der Waals surface area contributed by atoms with E-state index in [4.69, 9.17) is 9.47 Å². The molecule has 2 heterocycles. The van der Waals surface area contributed by atoms with E-state index in [1.807, 2.05) is 42.5 Å². The van der Waals surface area contributed by atoms with Gasteiger partial charge in [-0.05, 0) is 60.2 Å². The molecule has 0 aliphatic carbocycles. The van der Waals surface area contributed by atoms with Crippen molar-refractivity contribution in [1.82, 2.24) is 15.3 Å². The number of ether oxygens (including phenoxy) is 2. The molecule has 1 aromatic heterocycles. The summed E-state index contributed by atoms with van der Waals surface area (Å²) >= 11 is 0. The van der Waals surface area contributed by atoms with Crippen LogP contribution in [0.3, 0.4) is 0 Å². The van der Waals surface area contributed by atoms with Crippen LogP contribution in [0.15, 0.2) is 61.1 Å². The molecule has 31 heavy (non-hydrogen) atoms. The minimum absolute atomic E-state index is 0.465. The average molecular weight is 440 g/mol. The Labute approximate surface area is 182 Å². The summed E-state index contributed by atoms with van der Waals surface area (Å²) in [5.41, 5.74) is 3.05. The first kappa shape index (κ1) is 21.3. The summed E-state index contributed by atoms with van der Waals surface area (Å²) in [6.07, 6.45) is 8.58. The molecule has 0 amide bonds. The summed E-state index contributed by atoms with van der Waals surface area (Å²) in [4.78, 5) is 8.07. The highest BCUT2D eigenvalue weighted by Gasteiger charge is 2.28. The number of hydrogen-bond donors (Lipinski definition) is 1. The van der Waals surface area contributed by atoms with Gasteiger partial charge in [-0.25, -0.2) is 13.4 Å². The summed E-state index contributed by atoms with van der Waals surface area (Å²) in [6, 6.07) is 13.6. The van der Waals surface area contributed by atoms with Gasteiger partial charge in [0, 0.05) is 25.2 Å². The summed E-state index contributed by atoms with van der Waals surface area (Å²) in [6.45, 7) is 1.23. The van der Waals surface area contributed by atoms with Crippen molar-refractivity contribution in [1.29, 1.82) is 0 Å². The lowest BCUT2D eigenvalue weighted by atomic mass is 10.0. The maximum absolute atomic E-state index is 12.0. The van der Waals surface area contributed by atoms with Crippen LogP contribution in [0.2, 0.25) is 0 Å². The third kappa shape index (κ3) is 5.59. The molecule has 1 atom stereocenters. The summed E-state index contributed by atoms with van der Waals surface area (Å²) in [5, 5.41) is 2.45. The predicted octanol–water partition coefficient (Wildman–Crippen LogP) is 3.47. The van der Waals surface area contributed by atoms with E-state index in [9.17, 15) is 8.42 Å². The Morgan fingerprint density at radius 1 is 1.10 bits per heavy atom. The van der Waals surface area contributed by atoms with Crippen molar-refractivity contribution in [2.24, 2.45) is 0 Å². The van der Waals surface area contributed by atoms with Gasteiger partial charge in [-0.1, -0.05) is 18.2 Å². The Morgan fingerprint density at radius 2 is 1.90 bits per heavy atom. The van der Waals surface area contributed by atoms with Crippen molar-refractivity contribution in [3.63, 3.8) is 0 Å². The fourth-order valence-electron chi connectivity index (χ4n) is 3.62. The summed E-state index contributed by atoms with van der Waals surface area (Å²) in [5.74, 6) is 1.96. The molecule has 1 unspecified atom stereocenters. The van der Waals surface area contributed by atoms with E-state index in [-0.39, 0.29) is 0 Å². The quantitative estimate of drug-likeness (QED) is 0.538. The summed E-state index contributed by atoms with van der Waals surface area (Å²) in [7, 11) is -3.19. The molecule has 8 heteroatoms. The van der Waals surface area contributed by atoms with Crippen molar-refractivity contribution >= 4 is 9.84 Å². The van der Waals surface area contributed by atoms with Gasteiger partial charge in [0.05, 0.1) is 12.8 Å². The van der Waals surface area contributed by atoms with Crippen LogP contribution in [-0.2, 0) is 22.7 Å². The minimum Gasteiger partial charge on any atom is -0.494 e. The van der Waals surface area contributed by atoms with E-state index in [0.29, 0.717) is 19.0 Å². The number of sulfone groups is 1. The number of fused-ring (bicyclic) bond motifs is 1. The van der Waals surface area contributed by atoms with Crippen LogP contribution >= 0.6 is 0 Å². The number of hydrogen-bond acceptors (Lipinski definition) is 7. The average Bonchev–Trinajstić information content (AvgIpc) is 2.77. The van der Waals surface area contributed by atoms with Crippen molar-refractivity contribution in [2.45, 2.75) is 24.6 Å². The minimum atomic E-state index is -3.19. The number of rotatable bonds is 8. The standard InChI is InChI=1S/C23H25N3O4S/c1-31(27,28)23-21-9-8-20(15-18(21)10-11-26-23)29-14-2-3-17-4-6-19(7-5-17)30-22-16-24-12-13-25-22/h4-9,12-13,15-16,23,26H,2-3,10-11,14H2,1H3. The molecule has 0 spiro atoms. The molecular formula is C23H25N3O4S. The lowest BCUT2D eigenvalue weighted by Crippen LogP contribution is -2.34. The van der Waals surface area contributed by atoms with Crippen LogP contribution in [0, 0.1) is 0 Å². The van der Waals surface area contributed by atoms with Gasteiger partial charge in [-0.3, -0.25) is 10.3 Å². The molecular weight excluding hydrogens is 414 g/mol. The zero-order valence-electron chi connectivity index (χ0n) is 17.3. The van der Waals surface area contributed by atoms with Gasteiger partial charge >= 0.3 is 0 Å². The van der Waals surface area contributed by atoms with Gasteiger partial charge in [0.1, 0.15) is 16.9 Å². The molecule has 1 aliphatic heterocycles. The lowest BCUT2D eigenvalue weighted by molar-refractivity contribution is 0.310. The maximum atomic E-state index is 12.0. The molecule has 7 nitrogen and oxygen atoms in total. The van der Waals surface area contributed by atoms with Crippen molar-refractivity contribution < 1.29 is 17.9 Å². The Hall–Kier alpha value is -2.97. The van der Waals surface area contributed by atoms with Crippen molar-refractivity contribution in [3.8, 4) is 17.4 Å². The number of aryl methyl sites for hydroxylation is 1. The molecule has 0 fully saturated rings. The van der Waals surface area contributed by atoms with Gasteiger partial charge < -0.3 is 9.47 Å². The van der Waals surface area contributed by atoms with Gasteiger partial charge in [0.2, 0.25) is 5.88 Å². The van der Waals surface area contributed by atoms with E-state index in [0.717, 1.165) is 41.9 Å². The van der Waals surface area contributed by atoms with E-state index >= 15 is 0 Å². The topological polar surface area (TPSA) is 90.4 Å². The Balaban J connectivity index is 1.27. The van der Waals surface area contributed by atoms with Gasteiger partial charge in [-0.2, -0.15) is 0 Å². The van der Waals surface area contributed by atoms with Crippen molar-refractivity contribution in [2.75, 3.05) is 19.4 Å². The third-order valence-electron chi connectivity index (χ3n) is 5.11. The lowest BCUT2D eigenvalue weighted by Gasteiger charge is -2.26. The first-order valence-electron chi connectivity index (χ1n) is 10.2. The number of aromatic nitrogens is 2. The molecule has 1 aliphatic rings. The monoisotopic (exact) mass is 439 g/mol. The Morgan fingerprint density at radius 3 is 2.65 bits per heavy atom. The fourth-order valence-corrected chi connectivity index (χ4v) is 4.74. The molecule has 0 saturated carbocycles. The normalized spacial score (nSPS) is 15.8. The Kier molecular flexibility index (Phi) is 6.48. The third-order valence-corrected chi connectivity index (χ3v) is 6.39. The first-order chi connectivity index (χ1) is 15.0. The molecule has 0 bridgehead atoms. The zero-order valence-corrected chi connectivity index (χ0v) is 18.1. The molecule has 1 N–H and O–H groups in total. The zero-order chi connectivity index (χ0) is 21.7. The highest BCUT2D eigenvalue weighted by atomic mass is 32.2. The van der Waals surface area contributed by atoms with Gasteiger partial charge in [0.25, 0.3) is 0 Å². The maximum Gasteiger partial charge on any atom is 0.237 e. The number of nitrogens with one attached hydrogen (secondary N) is 1. The largest absolute Gasteiger partial charge is 0.494 e. The highest BCUT2D eigenvalue weighted by molar-refractivity contribution is 7.90. The van der Waals surface area contributed by atoms with Crippen LogP contribution in [0.5, 0.6) is 17.4 Å². The van der Waals surface area contributed by atoms with Crippen LogP contribution < -0.4 is 14.8 Å². The molecule has 0 radical (unpaired) electrons. The predicted molar refractivity (Wildman–Crippen MR) is 118 cm³/mol. The number of benzene rings is 2. The Bertz CT molecular complexity index is 1120. The SMILES string of the molecule is CS(=O)(=O)C1NCCc2cc(OCCCc3ccc(Oc4cnccn4)cc3)ccc21. The molecule has 0 saturated heterocycles. The van der Waals surface area contributed by atoms with Crippen LogP contribution in [0.25, 0.3) is 0 Å². The molecule has 162 valence electrons. The van der Waals surface area contributed by atoms with E-state index in [2.05, 4.69) is 15.3 Å². The second-order valence-corrected chi connectivity index (χ2v) is 9.65. The molecule has 2 aromatic carbocycles. The van der Waals surface area contributed by atoms with Crippen LogP contribution in [-0.4, -0.2) is 37.8 Å². The van der Waals surface area contributed by atoms with E-state index < -0.39 is 15.2 Å². The fraction of sp³-hybridized carbons (Fsp3) is 0.304. The summed E-state index contributed by atoms with van der Waals surface area (Å²) < 4.78 is 35.5. The van der Waals surface area contributed by atoms with Crippen molar-refractivity contribution in [3.05, 3.63) is 77.7 Å². The second-order valence-electron chi connectivity index (χ2n) is 7.52. The van der Waals surface area contributed by atoms with E-state index in [1.165, 1.54) is 11.8 Å². The van der Waals surface area contributed by atoms with Crippen LogP contribution in [0.1, 0.15) is 28.5 Å². The molecule has 4 rings (SSSR count). The molecule has 3 aromatic rings. The van der Waals surface area contributed by atoms with Gasteiger partial charge in [-0.15, -0.1) is 0 Å². The highest BCUT2D eigenvalue weighted by Crippen LogP contribution is 2.29. The van der Waals surface area contributed by atoms with Gasteiger partial charge in [0.15, 0.2) is 9.84 Å². The number of nitrogens with zero attached hydrogens (tertiary/aromatic N) is 2. The van der Waals surface area contributed by atoms with Crippen LogP contribution in [0.4, 0.5) is 0 Å². The van der Waals surface area contributed by atoms with E-state index in [1.54, 1.807) is 18.6 Å². The first-order valence-corrected chi connectivity index (χ1v) is 12.2.